The standard InChI is InChI=1S/C20H26O4/c1-13-11-15(7-9-17(13)23-5)19(3,21)20(4,22)16-8-10-18(24-6)14(2)12-16/h7-12,21-22H,1-6H3. The Morgan fingerprint density at radius 3 is 1.29 bits per heavy atom. The van der Waals surface area contributed by atoms with Gasteiger partial charge in [0.05, 0.1) is 14.2 Å². The highest BCUT2D eigenvalue weighted by Gasteiger charge is 2.44. The van der Waals surface area contributed by atoms with E-state index in [1.807, 2.05) is 26.0 Å². The van der Waals surface area contributed by atoms with Crippen molar-refractivity contribution in [2.75, 3.05) is 14.2 Å². The van der Waals surface area contributed by atoms with Gasteiger partial charge in [-0.2, -0.15) is 0 Å². The zero-order valence-corrected chi connectivity index (χ0v) is 15.2. The number of ether oxygens (including phenoxy) is 2. The quantitative estimate of drug-likeness (QED) is 0.882. The normalized spacial score (nSPS) is 16.2. The fourth-order valence-corrected chi connectivity index (χ4v) is 2.92. The largest absolute Gasteiger partial charge is 0.496 e. The van der Waals surface area contributed by atoms with Crippen molar-refractivity contribution in [1.82, 2.24) is 0 Å². The van der Waals surface area contributed by atoms with Crippen molar-refractivity contribution in [2.45, 2.75) is 38.9 Å². The molecule has 2 rings (SSSR count). The van der Waals surface area contributed by atoms with Crippen molar-refractivity contribution in [3.05, 3.63) is 58.7 Å². The summed E-state index contributed by atoms with van der Waals surface area (Å²) < 4.78 is 10.5. The molecule has 0 radical (unpaired) electrons. The van der Waals surface area contributed by atoms with Crippen LogP contribution in [-0.4, -0.2) is 24.4 Å². The Morgan fingerprint density at radius 1 is 0.708 bits per heavy atom. The lowest BCUT2D eigenvalue weighted by Crippen LogP contribution is -2.45. The molecule has 2 aromatic carbocycles. The second-order valence-electron chi connectivity index (χ2n) is 6.51. The summed E-state index contributed by atoms with van der Waals surface area (Å²) >= 11 is 0. The highest BCUT2D eigenvalue weighted by Crippen LogP contribution is 2.42. The third-order valence-electron chi connectivity index (χ3n) is 4.86. The molecule has 0 saturated heterocycles. The number of aryl methyl sites for hydroxylation is 2. The van der Waals surface area contributed by atoms with Crippen LogP contribution in [0, 0.1) is 13.8 Å². The summed E-state index contributed by atoms with van der Waals surface area (Å²) in [5.74, 6) is 1.49. The van der Waals surface area contributed by atoms with Crippen molar-refractivity contribution in [2.24, 2.45) is 0 Å². The van der Waals surface area contributed by atoms with E-state index in [2.05, 4.69) is 0 Å². The number of methoxy groups -OCH3 is 2. The van der Waals surface area contributed by atoms with Crippen LogP contribution in [0.2, 0.25) is 0 Å². The van der Waals surface area contributed by atoms with Gasteiger partial charge in [0.15, 0.2) is 0 Å². The zero-order valence-electron chi connectivity index (χ0n) is 15.2. The molecular formula is C20H26O4. The third-order valence-corrected chi connectivity index (χ3v) is 4.86. The Morgan fingerprint density at radius 2 is 1.04 bits per heavy atom. The average Bonchev–Trinajstić information content (AvgIpc) is 2.54. The first-order valence-electron chi connectivity index (χ1n) is 7.90. The highest BCUT2D eigenvalue weighted by atomic mass is 16.5. The van der Waals surface area contributed by atoms with Crippen LogP contribution in [0.15, 0.2) is 36.4 Å². The molecule has 130 valence electrons. The minimum atomic E-state index is -1.48. The first kappa shape index (κ1) is 18.3. The maximum Gasteiger partial charge on any atom is 0.121 e. The zero-order chi connectivity index (χ0) is 18.1. The van der Waals surface area contributed by atoms with Crippen molar-refractivity contribution >= 4 is 0 Å². The second-order valence-corrected chi connectivity index (χ2v) is 6.51. The van der Waals surface area contributed by atoms with Crippen LogP contribution in [0.25, 0.3) is 0 Å². The Kier molecular flexibility index (Phi) is 4.92. The van der Waals surface area contributed by atoms with Crippen LogP contribution in [0.4, 0.5) is 0 Å². The lowest BCUT2D eigenvalue weighted by Gasteiger charge is -2.40. The first-order valence-corrected chi connectivity index (χ1v) is 7.90. The number of benzene rings is 2. The molecule has 0 aliphatic rings. The van der Waals surface area contributed by atoms with Gasteiger partial charge in [0, 0.05) is 0 Å². The maximum absolute atomic E-state index is 11.2. The summed E-state index contributed by atoms with van der Waals surface area (Å²) in [4.78, 5) is 0. The molecule has 0 aromatic heterocycles. The lowest BCUT2D eigenvalue weighted by molar-refractivity contribution is -0.143. The molecule has 24 heavy (non-hydrogen) atoms. The maximum atomic E-state index is 11.2. The molecule has 0 aliphatic carbocycles. The summed E-state index contributed by atoms with van der Waals surface area (Å²) in [7, 11) is 3.22. The predicted molar refractivity (Wildman–Crippen MR) is 94.6 cm³/mol. The summed E-state index contributed by atoms with van der Waals surface area (Å²) in [5.41, 5.74) is 0.0864. The van der Waals surface area contributed by atoms with Gasteiger partial charge in [-0.25, -0.2) is 0 Å². The van der Waals surface area contributed by atoms with E-state index in [0.717, 1.165) is 22.6 Å². The van der Waals surface area contributed by atoms with Crippen molar-refractivity contribution in [3.63, 3.8) is 0 Å². The summed E-state index contributed by atoms with van der Waals surface area (Å²) in [6, 6.07) is 10.8. The average molecular weight is 330 g/mol. The molecule has 2 N–H and O–H groups in total. The molecule has 0 saturated carbocycles. The van der Waals surface area contributed by atoms with Crippen molar-refractivity contribution in [3.8, 4) is 11.5 Å². The van der Waals surface area contributed by atoms with Crippen LogP contribution in [-0.2, 0) is 11.2 Å². The van der Waals surface area contributed by atoms with Crippen LogP contribution >= 0.6 is 0 Å². The Balaban J connectivity index is 2.49. The summed E-state index contributed by atoms with van der Waals surface area (Å²) in [6.07, 6.45) is 0. The van der Waals surface area contributed by atoms with Gasteiger partial charge in [-0.3, -0.25) is 0 Å². The van der Waals surface area contributed by atoms with Gasteiger partial charge in [-0.1, -0.05) is 12.1 Å². The van der Waals surface area contributed by atoms with E-state index in [0.29, 0.717) is 11.1 Å². The first-order chi connectivity index (χ1) is 11.1. The van der Waals surface area contributed by atoms with E-state index in [1.54, 1.807) is 52.3 Å². The molecule has 2 atom stereocenters. The van der Waals surface area contributed by atoms with Gasteiger partial charge in [-0.05, 0) is 74.2 Å². The monoisotopic (exact) mass is 330 g/mol. The number of rotatable bonds is 5. The third kappa shape index (κ3) is 2.99. The van der Waals surface area contributed by atoms with E-state index < -0.39 is 11.2 Å². The predicted octanol–water partition coefficient (Wildman–Crippen LogP) is 3.44. The molecule has 0 bridgehead atoms. The number of hydrogen-bond acceptors (Lipinski definition) is 4. The molecular weight excluding hydrogens is 304 g/mol. The number of hydrogen-bond donors (Lipinski definition) is 2. The fourth-order valence-electron chi connectivity index (χ4n) is 2.92. The summed E-state index contributed by atoms with van der Waals surface area (Å²) in [6.45, 7) is 7.05. The van der Waals surface area contributed by atoms with Crippen LogP contribution in [0.1, 0.15) is 36.1 Å². The Bertz CT molecular complexity index is 669. The minimum absolute atomic E-state index is 0.624. The molecule has 2 aromatic rings. The van der Waals surface area contributed by atoms with Crippen molar-refractivity contribution in [1.29, 1.82) is 0 Å². The molecule has 0 amide bonds. The van der Waals surface area contributed by atoms with Crippen LogP contribution < -0.4 is 9.47 Å². The SMILES string of the molecule is COc1ccc(C(C)(O)C(C)(O)c2ccc(OC)c(C)c2)cc1C. The minimum Gasteiger partial charge on any atom is -0.496 e. The molecule has 0 heterocycles. The molecule has 4 nitrogen and oxygen atoms in total. The van der Waals surface area contributed by atoms with Gasteiger partial charge < -0.3 is 19.7 Å². The smallest absolute Gasteiger partial charge is 0.121 e. The van der Waals surface area contributed by atoms with Crippen LogP contribution in [0.5, 0.6) is 11.5 Å². The van der Waals surface area contributed by atoms with E-state index >= 15 is 0 Å². The van der Waals surface area contributed by atoms with Gasteiger partial charge in [-0.15, -0.1) is 0 Å². The fraction of sp³-hybridized carbons (Fsp3) is 0.400. The molecule has 2 unspecified atom stereocenters. The van der Waals surface area contributed by atoms with Gasteiger partial charge in [0.1, 0.15) is 22.7 Å². The molecule has 4 heteroatoms. The van der Waals surface area contributed by atoms with Gasteiger partial charge in [0.25, 0.3) is 0 Å². The van der Waals surface area contributed by atoms with E-state index in [-0.39, 0.29) is 0 Å². The van der Waals surface area contributed by atoms with E-state index in [4.69, 9.17) is 9.47 Å². The van der Waals surface area contributed by atoms with Crippen LogP contribution in [0.3, 0.4) is 0 Å². The second kappa shape index (κ2) is 6.46. The Labute approximate surface area is 143 Å². The van der Waals surface area contributed by atoms with Gasteiger partial charge in [0.2, 0.25) is 0 Å². The van der Waals surface area contributed by atoms with Gasteiger partial charge >= 0.3 is 0 Å². The Hall–Kier alpha value is -2.04. The molecule has 0 aliphatic heterocycles. The topological polar surface area (TPSA) is 58.9 Å². The number of aliphatic hydroxyl groups is 2. The van der Waals surface area contributed by atoms with Crippen molar-refractivity contribution < 1.29 is 19.7 Å². The molecule has 0 spiro atoms. The molecule has 0 fully saturated rings. The van der Waals surface area contributed by atoms with E-state index in [9.17, 15) is 10.2 Å². The van der Waals surface area contributed by atoms with E-state index in [1.165, 1.54) is 0 Å². The lowest BCUT2D eigenvalue weighted by atomic mass is 9.75. The highest BCUT2D eigenvalue weighted by molar-refractivity contribution is 5.43. The summed E-state index contributed by atoms with van der Waals surface area (Å²) in [5, 5.41) is 22.3.